The van der Waals surface area contributed by atoms with Crippen LogP contribution in [0.5, 0.6) is 17.4 Å². The Morgan fingerprint density at radius 2 is 1.97 bits per heavy atom. The zero-order valence-corrected chi connectivity index (χ0v) is 15.8. The summed E-state index contributed by atoms with van der Waals surface area (Å²) in [5, 5.41) is 12.2. The van der Waals surface area contributed by atoms with Crippen LogP contribution >= 0.6 is 0 Å². The Labute approximate surface area is 167 Å². The van der Waals surface area contributed by atoms with Crippen molar-refractivity contribution in [2.45, 2.75) is 6.42 Å². The summed E-state index contributed by atoms with van der Waals surface area (Å²) >= 11 is 0. The van der Waals surface area contributed by atoms with Gasteiger partial charge in [-0.05, 0) is 42.0 Å². The van der Waals surface area contributed by atoms with E-state index >= 15 is 0 Å². The zero-order valence-electron chi connectivity index (χ0n) is 15.8. The second-order valence-corrected chi connectivity index (χ2v) is 6.48. The molecule has 2 aromatic carbocycles. The van der Waals surface area contributed by atoms with Gasteiger partial charge in [0.1, 0.15) is 18.9 Å². The number of methoxy groups -OCH3 is 1. The van der Waals surface area contributed by atoms with Crippen molar-refractivity contribution >= 4 is 17.3 Å². The number of nitrogens with zero attached hydrogens (tertiary/aromatic N) is 1. The number of ether oxygens (including phenoxy) is 3. The number of carboxylic acid groups (broad SMARTS) is 1. The number of carbonyl (C=O) groups is 1. The minimum Gasteiger partial charge on any atom is -0.486 e. The third-order valence-electron chi connectivity index (χ3n) is 4.46. The Morgan fingerprint density at radius 3 is 2.79 bits per heavy atom. The van der Waals surface area contributed by atoms with E-state index in [4.69, 9.17) is 19.3 Å². The van der Waals surface area contributed by atoms with Crippen LogP contribution < -0.4 is 19.5 Å². The number of anilines is 2. The standard InChI is InChI=1S/C22H20N2O5/c1-27-22-18(23-15-5-2-4-14(12-15)13-20(25)26)9-8-17(24-22)16-6-3-7-19-21(16)29-11-10-28-19/h2-9,12,23H,10-11,13H2,1H3,(H,25,26). The van der Waals surface area contributed by atoms with Crippen molar-refractivity contribution in [1.82, 2.24) is 4.98 Å². The van der Waals surface area contributed by atoms with Gasteiger partial charge in [-0.15, -0.1) is 0 Å². The number of hydrogen-bond donors (Lipinski definition) is 2. The molecule has 0 saturated carbocycles. The summed E-state index contributed by atoms with van der Waals surface area (Å²) in [5.74, 6) is 0.922. The largest absolute Gasteiger partial charge is 0.486 e. The monoisotopic (exact) mass is 392 g/mol. The van der Waals surface area contributed by atoms with Gasteiger partial charge >= 0.3 is 5.97 Å². The molecule has 0 aliphatic carbocycles. The number of fused-ring (bicyclic) bond motifs is 1. The van der Waals surface area contributed by atoms with E-state index in [1.165, 1.54) is 0 Å². The lowest BCUT2D eigenvalue weighted by atomic mass is 10.1. The summed E-state index contributed by atoms with van der Waals surface area (Å²) in [6.07, 6.45) is -0.0367. The van der Waals surface area contributed by atoms with Gasteiger partial charge in [0.05, 0.1) is 19.2 Å². The molecule has 29 heavy (non-hydrogen) atoms. The first-order valence-electron chi connectivity index (χ1n) is 9.16. The highest BCUT2D eigenvalue weighted by molar-refractivity contribution is 5.75. The highest BCUT2D eigenvalue weighted by Crippen LogP contribution is 2.40. The van der Waals surface area contributed by atoms with Crippen molar-refractivity contribution in [3.8, 4) is 28.6 Å². The van der Waals surface area contributed by atoms with Gasteiger partial charge in [-0.25, -0.2) is 4.98 Å². The fourth-order valence-corrected chi connectivity index (χ4v) is 3.21. The van der Waals surface area contributed by atoms with E-state index in [9.17, 15) is 4.79 Å². The number of benzene rings is 2. The smallest absolute Gasteiger partial charge is 0.307 e. The molecule has 1 aromatic heterocycles. The van der Waals surface area contributed by atoms with Crippen molar-refractivity contribution in [1.29, 1.82) is 0 Å². The van der Waals surface area contributed by atoms with Crippen molar-refractivity contribution in [3.63, 3.8) is 0 Å². The maximum Gasteiger partial charge on any atom is 0.307 e. The third-order valence-corrected chi connectivity index (χ3v) is 4.46. The van der Waals surface area contributed by atoms with Gasteiger partial charge in [0.2, 0.25) is 5.88 Å². The van der Waals surface area contributed by atoms with Crippen molar-refractivity contribution < 1.29 is 24.1 Å². The highest BCUT2D eigenvalue weighted by Gasteiger charge is 2.18. The lowest BCUT2D eigenvalue weighted by Crippen LogP contribution is -2.16. The molecule has 3 aromatic rings. The molecule has 2 N–H and O–H groups in total. The number of pyridine rings is 1. The molecule has 0 radical (unpaired) electrons. The predicted octanol–water partition coefficient (Wildman–Crippen LogP) is 3.90. The molecule has 4 rings (SSSR count). The highest BCUT2D eigenvalue weighted by atomic mass is 16.6. The SMILES string of the molecule is COc1nc(-c2cccc3c2OCCO3)ccc1Nc1cccc(CC(=O)O)c1. The Kier molecular flexibility index (Phi) is 5.20. The number of aliphatic carboxylic acids is 1. The van der Waals surface area contributed by atoms with Crippen molar-refractivity contribution in [2.24, 2.45) is 0 Å². The maximum absolute atomic E-state index is 10.9. The minimum atomic E-state index is -0.872. The lowest BCUT2D eigenvalue weighted by molar-refractivity contribution is -0.136. The number of hydrogen-bond acceptors (Lipinski definition) is 6. The Morgan fingerprint density at radius 1 is 1.14 bits per heavy atom. The average molecular weight is 392 g/mol. The molecule has 1 aliphatic rings. The first-order chi connectivity index (χ1) is 14.1. The number of carboxylic acids is 1. The number of aromatic nitrogens is 1. The van der Waals surface area contributed by atoms with Crippen LogP contribution in [0.4, 0.5) is 11.4 Å². The molecule has 0 atom stereocenters. The molecule has 0 unspecified atom stereocenters. The molecule has 7 nitrogen and oxygen atoms in total. The second kappa shape index (κ2) is 8.10. The van der Waals surface area contributed by atoms with Gasteiger partial charge in [0.25, 0.3) is 0 Å². The summed E-state index contributed by atoms with van der Waals surface area (Å²) in [5.41, 5.74) is 3.67. The molecule has 1 aliphatic heterocycles. The van der Waals surface area contributed by atoms with Crippen LogP contribution in [0.2, 0.25) is 0 Å². The molecule has 0 saturated heterocycles. The van der Waals surface area contributed by atoms with Crippen molar-refractivity contribution in [3.05, 3.63) is 60.2 Å². The van der Waals surface area contributed by atoms with E-state index < -0.39 is 5.97 Å². The summed E-state index contributed by atoms with van der Waals surface area (Å²) in [7, 11) is 1.55. The van der Waals surface area contributed by atoms with Crippen LogP contribution in [0.1, 0.15) is 5.56 Å². The van der Waals surface area contributed by atoms with Crippen LogP contribution in [0.25, 0.3) is 11.3 Å². The van der Waals surface area contributed by atoms with Gasteiger partial charge in [-0.2, -0.15) is 0 Å². The Bertz CT molecular complexity index is 1050. The second-order valence-electron chi connectivity index (χ2n) is 6.48. The molecular formula is C22H20N2O5. The van der Waals surface area contributed by atoms with Crippen LogP contribution in [0.3, 0.4) is 0 Å². The fourth-order valence-electron chi connectivity index (χ4n) is 3.21. The zero-order chi connectivity index (χ0) is 20.2. The molecule has 0 amide bonds. The summed E-state index contributed by atoms with van der Waals surface area (Å²) in [6, 6.07) is 16.7. The van der Waals surface area contributed by atoms with Gasteiger partial charge in [0, 0.05) is 11.3 Å². The first-order valence-corrected chi connectivity index (χ1v) is 9.16. The average Bonchev–Trinajstić information content (AvgIpc) is 2.73. The third kappa shape index (κ3) is 4.08. The summed E-state index contributed by atoms with van der Waals surface area (Å²) < 4.78 is 16.9. The van der Waals surface area contributed by atoms with Gasteiger partial charge in [-0.3, -0.25) is 4.79 Å². The van der Waals surface area contributed by atoms with E-state index in [0.717, 1.165) is 11.3 Å². The van der Waals surface area contributed by atoms with E-state index in [-0.39, 0.29) is 6.42 Å². The first kappa shape index (κ1) is 18.6. The quantitative estimate of drug-likeness (QED) is 0.657. The molecule has 0 fully saturated rings. The molecule has 2 heterocycles. The van der Waals surface area contributed by atoms with Gasteiger partial charge in [-0.1, -0.05) is 18.2 Å². The Balaban J connectivity index is 1.64. The number of para-hydroxylation sites is 1. The Hall–Kier alpha value is -3.74. The van der Waals surface area contributed by atoms with E-state index in [0.29, 0.717) is 47.5 Å². The van der Waals surface area contributed by atoms with E-state index in [1.807, 2.05) is 42.5 Å². The van der Waals surface area contributed by atoms with Crippen LogP contribution in [0, 0.1) is 0 Å². The fraction of sp³-hybridized carbons (Fsp3) is 0.182. The maximum atomic E-state index is 10.9. The van der Waals surface area contributed by atoms with E-state index in [2.05, 4.69) is 10.3 Å². The van der Waals surface area contributed by atoms with Crippen LogP contribution in [0.15, 0.2) is 54.6 Å². The molecule has 0 bridgehead atoms. The molecular weight excluding hydrogens is 372 g/mol. The minimum absolute atomic E-state index is 0.0367. The number of rotatable bonds is 6. The van der Waals surface area contributed by atoms with Crippen LogP contribution in [-0.4, -0.2) is 36.4 Å². The lowest BCUT2D eigenvalue weighted by Gasteiger charge is -2.21. The van der Waals surface area contributed by atoms with Crippen molar-refractivity contribution in [2.75, 3.05) is 25.6 Å². The molecule has 0 spiro atoms. The summed E-state index contributed by atoms with van der Waals surface area (Å²) in [6.45, 7) is 1.02. The topological polar surface area (TPSA) is 89.9 Å². The normalized spacial score (nSPS) is 12.3. The van der Waals surface area contributed by atoms with Gasteiger partial charge < -0.3 is 24.6 Å². The van der Waals surface area contributed by atoms with E-state index in [1.54, 1.807) is 19.2 Å². The van der Waals surface area contributed by atoms with Crippen LogP contribution in [-0.2, 0) is 11.2 Å². The summed E-state index contributed by atoms with van der Waals surface area (Å²) in [4.78, 5) is 15.6. The molecule has 7 heteroatoms. The molecule has 148 valence electrons. The van der Waals surface area contributed by atoms with Gasteiger partial charge in [0.15, 0.2) is 11.5 Å². The number of nitrogens with one attached hydrogen (secondary N) is 1. The predicted molar refractivity (Wildman–Crippen MR) is 108 cm³/mol.